The lowest BCUT2D eigenvalue weighted by molar-refractivity contribution is -0.385. The Morgan fingerprint density at radius 3 is 2.63 bits per heavy atom. The molecule has 1 unspecified atom stereocenters. The Morgan fingerprint density at radius 1 is 1.47 bits per heavy atom. The number of carbonyl (C=O) groups is 1. The summed E-state index contributed by atoms with van der Waals surface area (Å²) in [5, 5.41) is 13.9. The van der Waals surface area contributed by atoms with E-state index in [1.807, 2.05) is 6.07 Å². The Morgan fingerprint density at radius 2 is 2.11 bits per heavy atom. The molecule has 0 saturated carbocycles. The van der Waals surface area contributed by atoms with Gasteiger partial charge >= 0.3 is 0 Å². The van der Waals surface area contributed by atoms with Crippen molar-refractivity contribution in [3.63, 3.8) is 0 Å². The van der Waals surface area contributed by atoms with Crippen molar-refractivity contribution in [2.45, 2.75) is 26.4 Å². The second-order valence-electron chi connectivity index (χ2n) is 4.65. The van der Waals surface area contributed by atoms with Gasteiger partial charge in [0.2, 0.25) is 5.91 Å². The number of amides is 1. The minimum absolute atomic E-state index is 0.0249. The third-order valence-corrected chi connectivity index (χ3v) is 3.02. The van der Waals surface area contributed by atoms with Crippen molar-refractivity contribution < 1.29 is 9.72 Å². The van der Waals surface area contributed by atoms with Crippen molar-refractivity contribution in [2.24, 2.45) is 0 Å². The lowest BCUT2D eigenvalue weighted by Gasteiger charge is -2.18. The molecule has 6 nitrogen and oxygen atoms in total. The molecule has 0 aliphatic carbocycles. The maximum absolute atomic E-state index is 11.7. The Hall–Kier alpha value is -1.95. The molecule has 0 fully saturated rings. The number of carbonyl (C=O) groups excluding carboxylic acids is 1. The molecular formula is C13H19N3O3. The fourth-order valence-corrected chi connectivity index (χ4v) is 1.80. The van der Waals surface area contributed by atoms with Gasteiger partial charge in [-0.3, -0.25) is 14.9 Å². The number of benzene rings is 1. The van der Waals surface area contributed by atoms with Crippen LogP contribution in [0.15, 0.2) is 18.2 Å². The number of likely N-dealkylation sites (N-methyl/N-ethyl adjacent to an activating group) is 1. The second-order valence-corrected chi connectivity index (χ2v) is 4.65. The molecule has 0 bridgehead atoms. The van der Waals surface area contributed by atoms with Gasteiger partial charge in [0.15, 0.2) is 0 Å². The minimum Gasteiger partial charge on any atom is -0.347 e. The first-order valence-corrected chi connectivity index (χ1v) is 6.02. The van der Waals surface area contributed by atoms with Gasteiger partial charge in [-0.05, 0) is 19.4 Å². The van der Waals surface area contributed by atoms with E-state index in [1.165, 1.54) is 11.0 Å². The lowest BCUT2D eigenvalue weighted by Crippen LogP contribution is -2.41. The fourth-order valence-electron chi connectivity index (χ4n) is 1.80. The SMILES string of the molecule is Cc1c(CNC(C)C(=O)N(C)C)cccc1[N+](=O)[O-]. The van der Waals surface area contributed by atoms with Gasteiger partial charge in [-0.15, -0.1) is 0 Å². The predicted molar refractivity (Wildman–Crippen MR) is 72.8 cm³/mol. The van der Waals surface area contributed by atoms with Crippen LogP contribution in [0, 0.1) is 17.0 Å². The Labute approximate surface area is 112 Å². The van der Waals surface area contributed by atoms with Gasteiger partial charge in [0.05, 0.1) is 11.0 Å². The van der Waals surface area contributed by atoms with Crippen molar-refractivity contribution in [2.75, 3.05) is 14.1 Å². The lowest BCUT2D eigenvalue weighted by atomic mass is 10.1. The number of nitrogens with one attached hydrogen (secondary N) is 1. The van der Waals surface area contributed by atoms with Gasteiger partial charge in [-0.25, -0.2) is 0 Å². The standard InChI is InChI=1S/C13H19N3O3/c1-9-11(6-5-7-12(9)16(18)19)8-14-10(2)13(17)15(3)4/h5-7,10,14H,8H2,1-4H3. The van der Waals surface area contributed by atoms with Crippen molar-refractivity contribution >= 4 is 11.6 Å². The maximum Gasteiger partial charge on any atom is 0.272 e. The third-order valence-electron chi connectivity index (χ3n) is 3.02. The summed E-state index contributed by atoms with van der Waals surface area (Å²) < 4.78 is 0. The number of hydrogen-bond donors (Lipinski definition) is 1. The van der Waals surface area contributed by atoms with Crippen LogP contribution in [-0.4, -0.2) is 35.9 Å². The van der Waals surface area contributed by atoms with E-state index in [9.17, 15) is 14.9 Å². The zero-order chi connectivity index (χ0) is 14.6. The molecule has 1 aromatic rings. The predicted octanol–water partition coefficient (Wildman–Crippen LogP) is 1.47. The summed E-state index contributed by atoms with van der Waals surface area (Å²) in [4.78, 5) is 23.6. The first kappa shape index (κ1) is 15.1. The molecule has 104 valence electrons. The van der Waals surface area contributed by atoms with E-state index in [-0.39, 0.29) is 17.6 Å². The molecule has 1 amide bonds. The summed E-state index contributed by atoms with van der Waals surface area (Å²) in [6.07, 6.45) is 0. The second kappa shape index (κ2) is 6.29. The molecule has 1 aromatic carbocycles. The number of rotatable bonds is 5. The highest BCUT2D eigenvalue weighted by atomic mass is 16.6. The van der Waals surface area contributed by atoms with Crippen LogP contribution in [-0.2, 0) is 11.3 Å². The zero-order valence-electron chi connectivity index (χ0n) is 11.6. The van der Waals surface area contributed by atoms with E-state index >= 15 is 0 Å². The molecule has 0 aliphatic rings. The summed E-state index contributed by atoms with van der Waals surface area (Å²) in [5.41, 5.74) is 1.56. The molecule has 1 rings (SSSR count). The molecule has 0 aromatic heterocycles. The molecule has 0 aliphatic heterocycles. The molecule has 6 heteroatoms. The molecule has 0 heterocycles. The van der Waals surface area contributed by atoms with Crippen LogP contribution in [0.5, 0.6) is 0 Å². The van der Waals surface area contributed by atoms with Crippen LogP contribution in [0.3, 0.4) is 0 Å². The topological polar surface area (TPSA) is 75.5 Å². The Bertz CT molecular complexity index is 486. The van der Waals surface area contributed by atoms with Gasteiger partial charge in [0.25, 0.3) is 5.69 Å². The average molecular weight is 265 g/mol. The maximum atomic E-state index is 11.7. The molecule has 0 saturated heterocycles. The van der Waals surface area contributed by atoms with Gasteiger partial charge in [-0.1, -0.05) is 12.1 Å². The highest BCUT2D eigenvalue weighted by Gasteiger charge is 2.16. The molecule has 0 spiro atoms. The normalized spacial score (nSPS) is 12.0. The van der Waals surface area contributed by atoms with Gasteiger partial charge in [0.1, 0.15) is 0 Å². The highest BCUT2D eigenvalue weighted by molar-refractivity contribution is 5.80. The quantitative estimate of drug-likeness (QED) is 0.646. The van der Waals surface area contributed by atoms with E-state index in [2.05, 4.69) is 5.32 Å². The van der Waals surface area contributed by atoms with E-state index in [0.29, 0.717) is 12.1 Å². The molecule has 19 heavy (non-hydrogen) atoms. The van der Waals surface area contributed by atoms with Crippen LogP contribution >= 0.6 is 0 Å². The van der Waals surface area contributed by atoms with Crippen molar-refractivity contribution in [1.29, 1.82) is 0 Å². The van der Waals surface area contributed by atoms with Crippen molar-refractivity contribution in [3.05, 3.63) is 39.4 Å². The largest absolute Gasteiger partial charge is 0.347 e. The van der Waals surface area contributed by atoms with E-state index in [1.54, 1.807) is 34.0 Å². The summed E-state index contributed by atoms with van der Waals surface area (Å²) >= 11 is 0. The third kappa shape index (κ3) is 3.75. The fraction of sp³-hybridized carbons (Fsp3) is 0.462. The smallest absolute Gasteiger partial charge is 0.272 e. The molecule has 1 N–H and O–H groups in total. The van der Waals surface area contributed by atoms with E-state index in [0.717, 1.165) is 5.56 Å². The molecular weight excluding hydrogens is 246 g/mol. The first-order valence-electron chi connectivity index (χ1n) is 6.02. The van der Waals surface area contributed by atoms with E-state index in [4.69, 9.17) is 0 Å². The van der Waals surface area contributed by atoms with Crippen LogP contribution < -0.4 is 5.32 Å². The molecule has 1 atom stereocenters. The monoisotopic (exact) mass is 265 g/mol. The van der Waals surface area contributed by atoms with Gasteiger partial charge in [0, 0.05) is 32.3 Å². The summed E-state index contributed by atoms with van der Waals surface area (Å²) in [6.45, 7) is 3.91. The van der Waals surface area contributed by atoms with Crippen molar-refractivity contribution in [3.8, 4) is 0 Å². The number of hydrogen-bond acceptors (Lipinski definition) is 4. The van der Waals surface area contributed by atoms with Gasteiger partial charge < -0.3 is 10.2 Å². The number of nitrogens with zero attached hydrogens (tertiary/aromatic N) is 2. The van der Waals surface area contributed by atoms with Crippen LogP contribution in [0.1, 0.15) is 18.1 Å². The van der Waals surface area contributed by atoms with Crippen LogP contribution in [0.25, 0.3) is 0 Å². The highest BCUT2D eigenvalue weighted by Crippen LogP contribution is 2.20. The zero-order valence-corrected chi connectivity index (χ0v) is 11.6. The van der Waals surface area contributed by atoms with E-state index < -0.39 is 4.92 Å². The van der Waals surface area contributed by atoms with Crippen LogP contribution in [0.4, 0.5) is 5.69 Å². The average Bonchev–Trinajstić information content (AvgIpc) is 2.35. The summed E-state index contributed by atoms with van der Waals surface area (Å²) in [7, 11) is 3.39. The van der Waals surface area contributed by atoms with Crippen LogP contribution in [0.2, 0.25) is 0 Å². The Kier molecular flexibility index (Phi) is 5.00. The van der Waals surface area contributed by atoms with Gasteiger partial charge in [-0.2, -0.15) is 0 Å². The summed E-state index contributed by atoms with van der Waals surface area (Å²) in [6, 6.07) is 4.63. The first-order chi connectivity index (χ1) is 8.84. The Balaban J connectivity index is 2.76. The molecule has 0 radical (unpaired) electrons. The van der Waals surface area contributed by atoms with Crippen molar-refractivity contribution in [1.82, 2.24) is 10.2 Å². The minimum atomic E-state index is -0.396. The summed E-state index contributed by atoms with van der Waals surface area (Å²) in [5.74, 6) is -0.0249. The number of nitro groups is 1. The number of nitro benzene ring substituents is 1.